The minimum absolute atomic E-state index is 0.0533. The van der Waals surface area contributed by atoms with E-state index in [1.54, 1.807) is 10.7 Å². The van der Waals surface area contributed by atoms with Gasteiger partial charge in [-0.25, -0.2) is 14.6 Å². The molecule has 1 N–H and O–H groups in total. The second-order valence-electron chi connectivity index (χ2n) is 9.26. The van der Waals surface area contributed by atoms with Crippen LogP contribution in [0.3, 0.4) is 0 Å². The molecule has 2 bridgehead atoms. The summed E-state index contributed by atoms with van der Waals surface area (Å²) in [7, 11) is 0. The van der Waals surface area contributed by atoms with Crippen LogP contribution in [0.25, 0.3) is 0 Å². The van der Waals surface area contributed by atoms with Gasteiger partial charge in [0.1, 0.15) is 23.0 Å². The Balaban J connectivity index is 1.32. The van der Waals surface area contributed by atoms with Gasteiger partial charge in [0.05, 0.1) is 11.6 Å². The average molecular weight is 508 g/mol. The molecule has 1 saturated heterocycles. The van der Waals surface area contributed by atoms with Crippen molar-refractivity contribution in [3.8, 4) is 11.8 Å². The standard InChI is InChI=1S/C23H25ClF3N7O/c1-13(2)34-22(35-17-5-3-4-16(8-17)23(25,26)27)31-21(32-34)30-20-14-6-7-15(20)11-33(10-14)19-9-18(24)28-12-29-19/h3-5,8-9,12-15,20H,6-7,10-11H2,1-2H3,(H,30,32)/t14-,15+,20+. The maximum atomic E-state index is 13.1. The summed E-state index contributed by atoms with van der Waals surface area (Å²) in [4.78, 5) is 15.0. The molecule has 0 radical (unpaired) electrons. The number of halogens is 4. The Bertz CT molecular complexity index is 1190. The van der Waals surface area contributed by atoms with Gasteiger partial charge < -0.3 is 15.0 Å². The van der Waals surface area contributed by atoms with E-state index in [4.69, 9.17) is 16.3 Å². The van der Waals surface area contributed by atoms with E-state index in [1.807, 2.05) is 13.8 Å². The molecule has 186 valence electrons. The molecule has 0 spiro atoms. The number of hydrogen-bond acceptors (Lipinski definition) is 7. The Morgan fingerprint density at radius 1 is 1.11 bits per heavy atom. The minimum Gasteiger partial charge on any atom is -0.424 e. The molecule has 0 amide bonds. The molecule has 1 aliphatic heterocycles. The van der Waals surface area contributed by atoms with Crippen molar-refractivity contribution in [2.75, 3.05) is 23.3 Å². The summed E-state index contributed by atoms with van der Waals surface area (Å²) in [6.07, 6.45) is -0.854. The number of alkyl halides is 3. The Morgan fingerprint density at radius 2 is 1.86 bits per heavy atom. The first-order valence-corrected chi connectivity index (χ1v) is 11.9. The van der Waals surface area contributed by atoms with Crippen molar-refractivity contribution in [2.24, 2.45) is 11.8 Å². The number of nitrogens with zero attached hydrogens (tertiary/aromatic N) is 6. The number of fused-ring (bicyclic) bond motifs is 2. The predicted molar refractivity (Wildman–Crippen MR) is 125 cm³/mol. The Kier molecular flexibility index (Phi) is 6.20. The Morgan fingerprint density at radius 3 is 2.51 bits per heavy atom. The number of anilines is 2. The third-order valence-electron chi connectivity index (χ3n) is 6.53. The van der Waals surface area contributed by atoms with Crippen LogP contribution in [0.2, 0.25) is 5.15 Å². The first kappa shape index (κ1) is 23.7. The molecule has 12 heteroatoms. The molecule has 3 atom stereocenters. The zero-order valence-corrected chi connectivity index (χ0v) is 20.0. The van der Waals surface area contributed by atoms with Gasteiger partial charge in [-0.3, -0.25) is 0 Å². The molecule has 3 heterocycles. The SMILES string of the molecule is CC(C)n1nc(N[C@H]2[C@@H]3CC[C@H]2CN(c2cc(Cl)ncn2)C3)nc1Oc1cccc(C(F)(F)F)c1. The van der Waals surface area contributed by atoms with Gasteiger partial charge in [-0.05, 0) is 56.7 Å². The summed E-state index contributed by atoms with van der Waals surface area (Å²) in [5, 5.41) is 8.44. The quantitative estimate of drug-likeness (QED) is 0.445. The van der Waals surface area contributed by atoms with E-state index >= 15 is 0 Å². The summed E-state index contributed by atoms with van der Waals surface area (Å²) in [5.74, 6) is 2.00. The fourth-order valence-electron chi connectivity index (χ4n) is 4.91. The fourth-order valence-corrected chi connectivity index (χ4v) is 5.05. The summed E-state index contributed by atoms with van der Waals surface area (Å²) in [6.45, 7) is 5.46. The smallest absolute Gasteiger partial charge is 0.416 e. The van der Waals surface area contributed by atoms with Crippen LogP contribution in [0.4, 0.5) is 24.9 Å². The monoisotopic (exact) mass is 507 g/mol. The summed E-state index contributed by atoms with van der Waals surface area (Å²) < 4.78 is 46.6. The van der Waals surface area contributed by atoms with Crippen molar-refractivity contribution in [3.05, 3.63) is 47.4 Å². The first-order chi connectivity index (χ1) is 16.7. The topological polar surface area (TPSA) is 81.0 Å². The lowest BCUT2D eigenvalue weighted by atomic mass is 9.92. The van der Waals surface area contributed by atoms with Gasteiger partial charge in [0.25, 0.3) is 0 Å². The zero-order chi connectivity index (χ0) is 24.7. The molecule has 2 aliphatic rings. The van der Waals surface area contributed by atoms with Crippen LogP contribution in [0, 0.1) is 11.8 Å². The van der Waals surface area contributed by atoms with Gasteiger partial charge in [0, 0.05) is 25.2 Å². The van der Waals surface area contributed by atoms with E-state index in [-0.39, 0.29) is 23.8 Å². The third kappa shape index (κ3) is 5.00. The van der Waals surface area contributed by atoms with Crippen LogP contribution in [-0.2, 0) is 6.18 Å². The number of hydrogen-bond donors (Lipinski definition) is 1. The van der Waals surface area contributed by atoms with E-state index in [0.29, 0.717) is 22.9 Å². The van der Waals surface area contributed by atoms with Gasteiger partial charge in [0.15, 0.2) is 0 Å². The lowest BCUT2D eigenvalue weighted by molar-refractivity contribution is -0.137. The largest absolute Gasteiger partial charge is 0.424 e. The van der Waals surface area contributed by atoms with Crippen molar-refractivity contribution >= 4 is 23.4 Å². The Hall–Kier alpha value is -3.08. The van der Waals surface area contributed by atoms with Crippen molar-refractivity contribution in [1.82, 2.24) is 24.7 Å². The highest BCUT2D eigenvalue weighted by molar-refractivity contribution is 6.29. The summed E-state index contributed by atoms with van der Waals surface area (Å²) >= 11 is 6.04. The second kappa shape index (κ2) is 9.18. The molecule has 8 nitrogen and oxygen atoms in total. The van der Waals surface area contributed by atoms with Gasteiger partial charge in [0.2, 0.25) is 5.95 Å². The molecule has 1 saturated carbocycles. The van der Waals surface area contributed by atoms with Crippen LogP contribution in [0.1, 0.15) is 38.3 Å². The predicted octanol–water partition coefficient (Wildman–Crippen LogP) is 5.44. The number of piperidine rings is 1. The molecule has 35 heavy (non-hydrogen) atoms. The molecule has 3 aromatic rings. The van der Waals surface area contributed by atoms with Crippen molar-refractivity contribution in [1.29, 1.82) is 0 Å². The highest BCUT2D eigenvalue weighted by Gasteiger charge is 2.43. The molecular weight excluding hydrogens is 483 g/mol. The number of benzene rings is 1. The fraction of sp³-hybridized carbons (Fsp3) is 0.478. The number of ether oxygens (including phenoxy) is 1. The van der Waals surface area contributed by atoms with Crippen molar-refractivity contribution in [2.45, 2.75) is 44.9 Å². The summed E-state index contributed by atoms with van der Waals surface area (Å²) in [5.41, 5.74) is -0.780. The van der Waals surface area contributed by atoms with Gasteiger partial charge in [-0.15, -0.1) is 5.10 Å². The van der Waals surface area contributed by atoms with E-state index < -0.39 is 11.7 Å². The van der Waals surface area contributed by atoms with Gasteiger partial charge in [-0.1, -0.05) is 17.7 Å². The highest BCUT2D eigenvalue weighted by Crippen LogP contribution is 2.40. The highest BCUT2D eigenvalue weighted by atomic mass is 35.5. The average Bonchev–Trinajstić information content (AvgIpc) is 3.29. The van der Waals surface area contributed by atoms with Crippen LogP contribution in [0.5, 0.6) is 11.8 Å². The second-order valence-corrected chi connectivity index (χ2v) is 9.64. The maximum Gasteiger partial charge on any atom is 0.416 e. The lowest BCUT2D eigenvalue weighted by Crippen LogP contribution is -2.48. The van der Waals surface area contributed by atoms with Crippen LogP contribution >= 0.6 is 11.6 Å². The molecule has 1 aliphatic carbocycles. The van der Waals surface area contributed by atoms with Crippen LogP contribution < -0.4 is 15.0 Å². The van der Waals surface area contributed by atoms with Crippen molar-refractivity contribution < 1.29 is 17.9 Å². The van der Waals surface area contributed by atoms with Gasteiger partial charge >= 0.3 is 12.2 Å². The molecule has 1 aromatic carbocycles. The Labute approximate surface area is 205 Å². The van der Waals surface area contributed by atoms with Gasteiger partial charge in [-0.2, -0.15) is 18.2 Å². The lowest BCUT2D eigenvalue weighted by Gasteiger charge is -2.38. The molecule has 2 fully saturated rings. The molecule has 0 unspecified atom stereocenters. The van der Waals surface area contributed by atoms with E-state index in [0.717, 1.165) is 43.9 Å². The number of rotatable bonds is 6. The van der Waals surface area contributed by atoms with E-state index in [1.165, 1.54) is 18.5 Å². The number of aromatic nitrogens is 5. The normalized spacial score (nSPS) is 22.0. The minimum atomic E-state index is -4.46. The molecule has 5 rings (SSSR count). The molecule has 2 aromatic heterocycles. The van der Waals surface area contributed by atoms with E-state index in [2.05, 4.69) is 30.3 Å². The number of nitrogens with one attached hydrogen (secondary N) is 1. The summed E-state index contributed by atoms with van der Waals surface area (Å²) in [6, 6.07) is 6.74. The van der Waals surface area contributed by atoms with Crippen LogP contribution in [-0.4, -0.2) is 43.9 Å². The van der Waals surface area contributed by atoms with Crippen molar-refractivity contribution in [3.63, 3.8) is 0 Å². The maximum absolute atomic E-state index is 13.1. The third-order valence-corrected chi connectivity index (χ3v) is 6.74. The molecular formula is C23H25ClF3N7O. The zero-order valence-electron chi connectivity index (χ0n) is 19.2. The van der Waals surface area contributed by atoms with E-state index in [9.17, 15) is 13.2 Å². The first-order valence-electron chi connectivity index (χ1n) is 11.5. The van der Waals surface area contributed by atoms with Crippen LogP contribution in [0.15, 0.2) is 36.7 Å².